The molecule has 1 aromatic heterocycles. The highest BCUT2D eigenvalue weighted by molar-refractivity contribution is 9.11. The van der Waals surface area contributed by atoms with Gasteiger partial charge in [-0.15, -0.1) is 0 Å². The van der Waals surface area contributed by atoms with E-state index in [2.05, 4.69) is 47.3 Å². The van der Waals surface area contributed by atoms with Crippen LogP contribution in [0.5, 0.6) is 0 Å². The molecule has 5 nitrogen and oxygen atoms in total. The molecular formula is C12H11Br2N3O2. The first-order valence-electron chi connectivity index (χ1n) is 5.58. The van der Waals surface area contributed by atoms with E-state index in [0.717, 1.165) is 8.95 Å². The number of halogens is 2. The van der Waals surface area contributed by atoms with Crippen LogP contribution in [0.2, 0.25) is 0 Å². The number of rotatable bonds is 4. The summed E-state index contributed by atoms with van der Waals surface area (Å²) in [4.78, 5) is 16.1. The molecule has 2 aromatic rings. The zero-order chi connectivity index (χ0) is 13.8. The number of nitrogens with one attached hydrogen (secondary N) is 1. The van der Waals surface area contributed by atoms with Gasteiger partial charge in [-0.2, -0.15) is 4.98 Å². The highest BCUT2D eigenvalue weighted by atomic mass is 79.9. The number of nitrogens with zero attached hydrogens (tertiary/aromatic N) is 2. The first-order valence-corrected chi connectivity index (χ1v) is 7.17. The minimum Gasteiger partial charge on any atom is -0.351 e. The third kappa shape index (κ3) is 3.87. The Kier molecular flexibility index (Phi) is 4.71. The van der Waals surface area contributed by atoms with Crippen molar-refractivity contribution in [2.75, 3.05) is 6.54 Å². The van der Waals surface area contributed by atoms with Gasteiger partial charge < -0.3 is 9.84 Å². The van der Waals surface area contributed by atoms with E-state index in [1.54, 1.807) is 13.0 Å². The molecule has 0 aliphatic carbocycles. The topological polar surface area (TPSA) is 68.0 Å². The second-order valence-electron chi connectivity index (χ2n) is 3.87. The number of amides is 1. The maximum Gasteiger partial charge on any atom is 0.252 e. The fourth-order valence-electron chi connectivity index (χ4n) is 1.49. The first-order chi connectivity index (χ1) is 9.06. The minimum absolute atomic E-state index is 0.149. The van der Waals surface area contributed by atoms with E-state index in [1.807, 2.05) is 12.1 Å². The van der Waals surface area contributed by atoms with E-state index >= 15 is 0 Å². The molecule has 0 fully saturated rings. The van der Waals surface area contributed by atoms with Crippen molar-refractivity contribution in [3.05, 3.63) is 44.4 Å². The van der Waals surface area contributed by atoms with Crippen molar-refractivity contribution < 1.29 is 9.32 Å². The summed E-state index contributed by atoms with van der Waals surface area (Å²) < 4.78 is 6.57. The molecule has 19 heavy (non-hydrogen) atoms. The maximum atomic E-state index is 12.0. The summed E-state index contributed by atoms with van der Waals surface area (Å²) >= 11 is 6.69. The quantitative estimate of drug-likeness (QED) is 0.874. The number of hydrogen-bond donors (Lipinski definition) is 1. The summed E-state index contributed by atoms with van der Waals surface area (Å²) in [5, 5.41) is 6.49. The normalized spacial score (nSPS) is 10.5. The van der Waals surface area contributed by atoms with E-state index in [1.165, 1.54) is 0 Å². The predicted molar refractivity (Wildman–Crippen MR) is 76.9 cm³/mol. The predicted octanol–water partition coefficient (Wildman–Crippen LogP) is 2.88. The van der Waals surface area contributed by atoms with Gasteiger partial charge in [-0.1, -0.05) is 21.1 Å². The number of carbonyl (C=O) groups excluding carboxylic acids is 1. The van der Waals surface area contributed by atoms with E-state index < -0.39 is 0 Å². The van der Waals surface area contributed by atoms with Gasteiger partial charge in [0.25, 0.3) is 5.91 Å². The molecule has 0 unspecified atom stereocenters. The Bertz CT molecular complexity index is 598. The zero-order valence-corrected chi connectivity index (χ0v) is 13.3. The molecule has 0 atom stereocenters. The molecule has 1 N–H and O–H groups in total. The second-order valence-corrected chi connectivity index (χ2v) is 5.64. The van der Waals surface area contributed by atoms with Crippen LogP contribution in [0.1, 0.15) is 22.1 Å². The molecule has 1 aromatic carbocycles. The van der Waals surface area contributed by atoms with E-state index in [-0.39, 0.29) is 5.91 Å². The Morgan fingerprint density at radius 3 is 2.89 bits per heavy atom. The van der Waals surface area contributed by atoms with E-state index in [0.29, 0.717) is 30.2 Å². The maximum absolute atomic E-state index is 12.0. The summed E-state index contributed by atoms with van der Waals surface area (Å²) in [5.41, 5.74) is 0.580. The van der Waals surface area contributed by atoms with Crippen LogP contribution in [0, 0.1) is 6.92 Å². The molecular weight excluding hydrogens is 378 g/mol. The highest BCUT2D eigenvalue weighted by Crippen LogP contribution is 2.21. The van der Waals surface area contributed by atoms with Crippen LogP contribution in [-0.2, 0) is 6.42 Å². The highest BCUT2D eigenvalue weighted by Gasteiger charge is 2.10. The van der Waals surface area contributed by atoms with Gasteiger partial charge in [-0.25, -0.2) is 0 Å². The van der Waals surface area contributed by atoms with Crippen molar-refractivity contribution in [3.8, 4) is 0 Å². The average Bonchev–Trinajstić information content (AvgIpc) is 2.78. The van der Waals surface area contributed by atoms with Crippen molar-refractivity contribution in [1.82, 2.24) is 15.5 Å². The summed E-state index contributed by atoms with van der Waals surface area (Å²) in [5.74, 6) is 0.964. The lowest BCUT2D eigenvalue weighted by Crippen LogP contribution is -2.26. The standard InChI is InChI=1S/C12H11Br2N3O2/c1-7-16-11(19-17-7)4-5-15-12(18)9-6-8(13)2-3-10(9)14/h2-3,6H,4-5H2,1H3,(H,15,18). The van der Waals surface area contributed by atoms with Gasteiger partial charge in [-0.3, -0.25) is 4.79 Å². The number of carbonyl (C=O) groups is 1. The Balaban J connectivity index is 1.92. The zero-order valence-electron chi connectivity index (χ0n) is 10.1. The van der Waals surface area contributed by atoms with Gasteiger partial charge in [0.1, 0.15) is 0 Å². The summed E-state index contributed by atoms with van der Waals surface area (Å²) in [6.07, 6.45) is 0.512. The molecule has 0 aliphatic rings. The molecule has 1 amide bonds. The lowest BCUT2D eigenvalue weighted by Gasteiger charge is -2.06. The number of hydrogen-bond acceptors (Lipinski definition) is 4. The van der Waals surface area contributed by atoms with Crippen LogP contribution in [0.15, 0.2) is 31.7 Å². The number of aromatic nitrogens is 2. The largest absolute Gasteiger partial charge is 0.351 e. The van der Waals surface area contributed by atoms with Crippen molar-refractivity contribution in [3.63, 3.8) is 0 Å². The summed E-state index contributed by atoms with van der Waals surface area (Å²) in [6, 6.07) is 5.44. The second kappa shape index (κ2) is 6.29. The van der Waals surface area contributed by atoms with Gasteiger partial charge >= 0.3 is 0 Å². The summed E-state index contributed by atoms with van der Waals surface area (Å²) in [6.45, 7) is 2.20. The molecule has 2 rings (SSSR count). The Labute approximate surface area is 127 Å². The van der Waals surface area contributed by atoms with Crippen molar-refractivity contribution in [2.24, 2.45) is 0 Å². The van der Waals surface area contributed by atoms with E-state index in [4.69, 9.17) is 4.52 Å². The fraction of sp³-hybridized carbons (Fsp3) is 0.250. The van der Waals surface area contributed by atoms with Crippen LogP contribution < -0.4 is 5.32 Å². The van der Waals surface area contributed by atoms with Crippen molar-refractivity contribution >= 4 is 37.8 Å². The third-order valence-corrected chi connectivity index (χ3v) is 3.55. The van der Waals surface area contributed by atoms with Crippen LogP contribution in [0.25, 0.3) is 0 Å². The van der Waals surface area contributed by atoms with Gasteiger partial charge in [-0.05, 0) is 41.1 Å². The Morgan fingerprint density at radius 1 is 1.42 bits per heavy atom. The Hall–Kier alpha value is -1.21. The SMILES string of the molecule is Cc1noc(CCNC(=O)c2cc(Br)ccc2Br)n1. The van der Waals surface area contributed by atoms with Crippen molar-refractivity contribution in [2.45, 2.75) is 13.3 Å². The van der Waals surface area contributed by atoms with Crippen LogP contribution in [0.4, 0.5) is 0 Å². The molecule has 7 heteroatoms. The third-order valence-electron chi connectivity index (χ3n) is 2.37. The lowest BCUT2D eigenvalue weighted by molar-refractivity contribution is 0.0952. The van der Waals surface area contributed by atoms with Crippen molar-refractivity contribution in [1.29, 1.82) is 0 Å². The van der Waals surface area contributed by atoms with Gasteiger partial charge in [0.2, 0.25) is 5.89 Å². The van der Waals surface area contributed by atoms with E-state index in [9.17, 15) is 4.79 Å². The van der Waals surface area contributed by atoms with Crippen LogP contribution in [-0.4, -0.2) is 22.6 Å². The van der Waals surface area contributed by atoms with Crippen LogP contribution >= 0.6 is 31.9 Å². The molecule has 0 aliphatic heterocycles. The number of benzene rings is 1. The molecule has 0 bridgehead atoms. The van der Waals surface area contributed by atoms with Gasteiger partial charge in [0, 0.05) is 21.9 Å². The molecule has 1 heterocycles. The summed E-state index contributed by atoms with van der Waals surface area (Å²) in [7, 11) is 0. The minimum atomic E-state index is -0.149. The molecule has 0 saturated carbocycles. The Morgan fingerprint density at radius 2 is 2.21 bits per heavy atom. The first kappa shape index (κ1) is 14.2. The monoisotopic (exact) mass is 387 g/mol. The smallest absolute Gasteiger partial charge is 0.252 e. The molecule has 100 valence electrons. The fourth-order valence-corrected chi connectivity index (χ4v) is 2.28. The number of aryl methyl sites for hydroxylation is 1. The average molecular weight is 389 g/mol. The molecule has 0 saturated heterocycles. The molecule has 0 spiro atoms. The van der Waals surface area contributed by atoms with Crippen LogP contribution in [0.3, 0.4) is 0 Å². The lowest BCUT2D eigenvalue weighted by atomic mass is 10.2. The van der Waals surface area contributed by atoms with Gasteiger partial charge in [0.05, 0.1) is 5.56 Å². The molecule has 0 radical (unpaired) electrons. The van der Waals surface area contributed by atoms with Gasteiger partial charge in [0.15, 0.2) is 5.82 Å².